The van der Waals surface area contributed by atoms with Gasteiger partial charge in [0.25, 0.3) is 0 Å². The van der Waals surface area contributed by atoms with Gasteiger partial charge in [-0.05, 0) is 104 Å². The van der Waals surface area contributed by atoms with Crippen molar-refractivity contribution >= 4 is 6.29 Å². The van der Waals surface area contributed by atoms with Gasteiger partial charge in [-0.15, -0.1) is 0 Å². The summed E-state index contributed by atoms with van der Waals surface area (Å²) in [5.74, 6) is 3.22. The van der Waals surface area contributed by atoms with E-state index in [0.717, 1.165) is 42.8 Å². The van der Waals surface area contributed by atoms with E-state index in [2.05, 4.69) is 39.9 Å². The molecule has 1 N–H and O–H groups in total. The van der Waals surface area contributed by atoms with E-state index >= 15 is 0 Å². The molecule has 0 aliphatic heterocycles. The molecule has 2 nitrogen and oxygen atoms in total. The monoisotopic (exact) mass is 413 g/mol. The Labute approximate surface area is 186 Å². The molecule has 0 aromatic carbocycles. The normalized spacial score (nSPS) is 48.2. The number of rotatable bonds is 6. The van der Waals surface area contributed by atoms with Crippen LogP contribution >= 0.6 is 0 Å². The number of hydrogen-bond donors (Lipinski definition) is 1. The van der Waals surface area contributed by atoms with Gasteiger partial charge in [0.15, 0.2) is 0 Å². The van der Waals surface area contributed by atoms with Crippen LogP contribution < -0.4 is 5.32 Å². The summed E-state index contributed by atoms with van der Waals surface area (Å²) >= 11 is 0. The molecule has 8 unspecified atom stereocenters. The summed E-state index contributed by atoms with van der Waals surface area (Å²) in [4.78, 5) is 10.9. The summed E-state index contributed by atoms with van der Waals surface area (Å²) in [5.41, 5.74) is 2.85. The van der Waals surface area contributed by atoms with Gasteiger partial charge in [0, 0.05) is 18.5 Å². The zero-order valence-electron chi connectivity index (χ0n) is 20.4. The second kappa shape index (κ2) is 8.05. The van der Waals surface area contributed by atoms with Crippen LogP contribution in [0.2, 0.25) is 0 Å². The number of hydrogen-bond acceptors (Lipinski definition) is 2. The lowest BCUT2D eigenvalue weighted by Gasteiger charge is -2.67. The summed E-state index contributed by atoms with van der Waals surface area (Å²) in [7, 11) is 0. The first kappa shape index (κ1) is 22.6. The van der Waals surface area contributed by atoms with Gasteiger partial charge in [0.05, 0.1) is 0 Å². The van der Waals surface area contributed by atoms with Crippen molar-refractivity contribution in [2.75, 3.05) is 0 Å². The first-order valence-electron chi connectivity index (χ1n) is 13.0. The third-order valence-electron chi connectivity index (χ3n) is 11.0. The second-order valence-electron chi connectivity index (χ2n) is 12.6. The lowest BCUT2D eigenvalue weighted by Crippen LogP contribution is -2.60. The number of fused-ring (bicyclic) bond motifs is 5. The number of unbranched alkanes of at least 4 members (excludes halogenated alkanes) is 1. The van der Waals surface area contributed by atoms with Crippen LogP contribution in [0.4, 0.5) is 0 Å². The maximum absolute atomic E-state index is 10.9. The Bertz CT molecular complexity index is 670. The van der Waals surface area contributed by atoms with Crippen molar-refractivity contribution in [3.05, 3.63) is 12.2 Å². The Kier molecular flexibility index (Phi) is 6.06. The van der Waals surface area contributed by atoms with Gasteiger partial charge < -0.3 is 10.1 Å². The largest absolute Gasteiger partial charge is 0.312 e. The lowest BCUT2D eigenvalue weighted by molar-refractivity contribution is -0.137. The molecule has 4 saturated carbocycles. The first-order valence-corrected chi connectivity index (χ1v) is 13.0. The van der Waals surface area contributed by atoms with Crippen LogP contribution in [0.5, 0.6) is 0 Å². The Hall–Kier alpha value is -0.630. The third-order valence-corrected chi connectivity index (χ3v) is 11.0. The van der Waals surface area contributed by atoms with E-state index in [9.17, 15) is 4.79 Å². The van der Waals surface area contributed by atoms with Crippen molar-refractivity contribution in [2.24, 2.45) is 39.9 Å². The fraction of sp³-hybridized carbons (Fsp3) is 0.893. The van der Waals surface area contributed by atoms with Crippen LogP contribution in [0.25, 0.3) is 0 Å². The minimum atomic E-state index is 0.315. The maximum Gasteiger partial charge on any atom is 0.119 e. The van der Waals surface area contributed by atoms with Crippen LogP contribution in [0, 0.1) is 39.9 Å². The SMILES string of the molecule is C=C1CC2CC(NC(C)C)CCC2(C)C2CCC3(C)C(CCCC=O)CCC3C12C. The van der Waals surface area contributed by atoms with Crippen LogP contribution in [-0.4, -0.2) is 18.4 Å². The first-order chi connectivity index (χ1) is 14.2. The van der Waals surface area contributed by atoms with Gasteiger partial charge in [-0.1, -0.05) is 46.8 Å². The zero-order valence-corrected chi connectivity index (χ0v) is 20.4. The highest BCUT2D eigenvalue weighted by Gasteiger charge is 2.65. The van der Waals surface area contributed by atoms with E-state index in [-0.39, 0.29) is 0 Å². The molecule has 170 valence electrons. The van der Waals surface area contributed by atoms with E-state index in [1.807, 2.05) is 0 Å². The smallest absolute Gasteiger partial charge is 0.119 e. The second-order valence-corrected chi connectivity index (χ2v) is 12.6. The molecule has 0 aromatic rings. The molecule has 8 atom stereocenters. The zero-order chi connectivity index (χ0) is 21.7. The molecule has 2 heteroatoms. The standard InChI is InChI=1S/C28H47NO/c1-19(2)29-23-12-14-27(5)22(18-23)17-20(3)28(6)24-11-10-21(9-7-8-16-30)26(24,4)15-13-25(27)28/h16,19,21-25,29H,3,7-15,17-18H2,1-2,4-6H3. The molecule has 30 heavy (non-hydrogen) atoms. The van der Waals surface area contributed by atoms with Gasteiger partial charge in [0.2, 0.25) is 0 Å². The van der Waals surface area contributed by atoms with Crippen molar-refractivity contribution in [1.29, 1.82) is 0 Å². The fourth-order valence-electron chi connectivity index (χ4n) is 9.44. The van der Waals surface area contributed by atoms with Crippen molar-refractivity contribution < 1.29 is 4.79 Å². The van der Waals surface area contributed by atoms with Crippen molar-refractivity contribution in [2.45, 2.75) is 117 Å². The van der Waals surface area contributed by atoms with Crippen LogP contribution in [-0.2, 0) is 4.79 Å². The van der Waals surface area contributed by atoms with Crippen LogP contribution in [0.1, 0.15) is 105 Å². The van der Waals surface area contributed by atoms with Crippen molar-refractivity contribution in [1.82, 2.24) is 5.32 Å². The Morgan fingerprint density at radius 2 is 1.77 bits per heavy atom. The highest BCUT2D eigenvalue weighted by Crippen LogP contribution is 2.73. The molecular weight excluding hydrogens is 366 g/mol. The van der Waals surface area contributed by atoms with Gasteiger partial charge >= 0.3 is 0 Å². The Morgan fingerprint density at radius 3 is 2.47 bits per heavy atom. The average Bonchev–Trinajstić information content (AvgIpc) is 3.01. The molecule has 0 radical (unpaired) electrons. The molecule has 4 rings (SSSR count). The predicted octanol–water partition coefficient (Wildman–Crippen LogP) is 6.94. The van der Waals surface area contributed by atoms with E-state index in [1.165, 1.54) is 57.8 Å². The highest BCUT2D eigenvalue weighted by atomic mass is 16.1. The minimum Gasteiger partial charge on any atom is -0.312 e. The summed E-state index contributed by atoms with van der Waals surface area (Å²) in [6, 6.07) is 1.28. The van der Waals surface area contributed by atoms with E-state index in [0.29, 0.717) is 28.3 Å². The molecule has 4 aliphatic carbocycles. The molecule has 0 amide bonds. The molecule has 4 aliphatic rings. The van der Waals surface area contributed by atoms with Crippen molar-refractivity contribution in [3.63, 3.8) is 0 Å². The molecular formula is C28H47NO. The van der Waals surface area contributed by atoms with Crippen LogP contribution in [0.15, 0.2) is 12.2 Å². The third kappa shape index (κ3) is 3.35. The van der Waals surface area contributed by atoms with E-state index in [1.54, 1.807) is 5.57 Å². The molecule has 0 bridgehead atoms. The van der Waals surface area contributed by atoms with Crippen LogP contribution in [0.3, 0.4) is 0 Å². The molecule has 4 fully saturated rings. The van der Waals surface area contributed by atoms with Gasteiger partial charge in [-0.25, -0.2) is 0 Å². The van der Waals surface area contributed by atoms with E-state index < -0.39 is 0 Å². The summed E-state index contributed by atoms with van der Waals surface area (Å²) in [5, 5.41) is 3.85. The molecule has 0 saturated heterocycles. The number of carbonyl (C=O) groups is 1. The lowest BCUT2D eigenvalue weighted by atomic mass is 9.38. The summed E-state index contributed by atoms with van der Waals surface area (Å²) in [6.07, 6.45) is 15.1. The maximum atomic E-state index is 10.9. The summed E-state index contributed by atoms with van der Waals surface area (Å²) < 4.78 is 0. The quantitative estimate of drug-likeness (QED) is 0.290. The number of aldehydes is 1. The number of allylic oxidation sites excluding steroid dienone is 1. The Morgan fingerprint density at radius 1 is 1.07 bits per heavy atom. The molecule has 0 heterocycles. The molecule has 0 aromatic heterocycles. The van der Waals surface area contributed by atoms with Gasteiger partial charge in [-0.3, -0.25) is 0 Å². The fourth-order valence-corrected chi connectivity index (χ4v) is 9.44. The van der Waals surface area contributed by atoms with E-state index in [4.69, 9.17) is 6.58 Å². The average molecular weight is 414 g/mol. The molecule has 0 spiro atoms. The van der Waals surface area contributed by atoms with Gasteiger partial charge in [0.1, 0.15) is 6.29 Å². The highest BCUT2D eigenvalue weighted by molar-refractivity contribution is 5.49. The Balaban J connectivity index is 1.57. The topological polar surface area (TPSA) is 29.1 Å². The summed E-state index contributed by atoms with van der Waals surface area (Å²) in [6.45, 7) is 17.3. The van der Waals surface area contributed by atoms with Crippen molar-refractivity contribution in [3.8, 4) is 0 Å². The minimum absolute atomic E-state index is 0.315. The predicted molar refractivity (Wildman–Crippen MR) is 126 cm³/mol. The number of nitrogens with one attached hydrogen (secondary N) is 1. The number of carbonyl (C=O) groups excluding carboxylic acids is 1. The van der Waals surface area contributed by atoms with Gasteiger partial charge in [-0.2, -0.15) is 0 Å².